The lowest BCUT2D eigenvalue weighted by Crippen LogP contribution is -2.02. The second-order valence-electron chi connectivity index (χ2n) is 2.63. The first kappa shape index (κ1) is 10.5. The van der Waals surface area contributed by atoms with Gasteiger partial charge in [-0.1, -0.05) is 0 Å². The first-order valence-corrected chi connectivity index (χ1v) is 3.90. The van der Waals surface area contributed by atoms with Crippen molar-refractivity contribution in [1.29, 1.82) is 0 Å². The third-order valence-corrected chi connectivity index (χ3v) is 1.52. The number of aromatic nitrogens is 2. The van der Waals surface area contributed by atoms with E-state index in [2.05, 4.69) is 9.97 Å². The molecule has 0 saturated carbocycles. The Morgan fingerprint density at radius 2 is 2.21 bits per heavy atom. The van der Waals surface area contributed by atoms with Gasteiger partial charge in [0, 0.05) is 12.6 Å². The van der Waals surface area contributed by atoms with Gasteiger partial charge in [0.25, 0.3) is 6.43 Å². The van der Waals surface area contributed by atoms with Crippen LogP contribution < -0.4 is 0 Å². The molecule has 6 heteroatoms. The molecular weight excluding hydrogens is 194 g/mol. The van der Waals surface area contributed by atoms with E-state index in [0.29, 0.717) is 0 Å². The van der Waals surface area contributed by atoms with Gasteiger partial charge in [0.05, 0.1) is 18.3 Å². The summed E-state index contributed by atoms with van der Waals surface area (Å²) in [5, 5.41) is 8.36. The summed E-state index contributed by atoms with van der Waals surface area (Å²) in [5.41, 5.74) is -0.155. The van der Waals surface area contributed by atoms with Crippen LogP contribution in [0, 0.1) is 0 Å². The van der Waals surface area contributed by atoms with Crippen LogP contribution in [0.4, 0.5) is 8.78 Å². The molecule has 0 fully saturated rings. The van der Waals surface area contributed by atoms with Gasteiger partial charge in [-0.25, -0.2) is 13.8 Å². The molecule has 0 spiro atoms. The molecule has 1 rings (SSSR count). The fraction of sp³-hybridized carbons (Fsp3) is 0.375. The highest BCUT2D eigenvalue weighted by atomic mass is 19.3. The molecule has 0 atom stereocenters. The largest absolute Gasteiger partial charge is 0.481 e. The van der Waals surface area contributed by atoms with Crippen LogP contribution >= 0.6 is 0 Å². The Hall–Kier alpha value is -1.59. The van der Waals surface area contributed by atoms with Gasteiger partial charge in [-0.15, -0.1) is 0 Å². The molecule has 14 heavy (non-hydrogen) atoms. The fourth-order valence-electron chi connectivity index (χ4n) is 0.884. The summed E-state index contributed by atoms with van der Waals surface area (Å²) in [7, 11) is 0. The van der Waals surface area contributed by atoms with Crippen molar-refractivity contribution in [3.8, 4) is 0 Å². The molecule has 0 aromatic carbocycles. The topological polar surface area (TPSA) is 63.1 Å². The minimum Gasteiger partial charge on any atom is -0.481 e. The standard InChI is InChI=1S/C8H8F2N2O2/c9-8(10)6-4-11-3-5(12-6)1-2-7(13)14/h3-4,8H,1-2H2,(H,13,14). The van der Waals surface area contributed by atoms with Crippen LogP contribution in [-0.2, 0) is 11.2 Å². The van der Waals surface area contributed by atoms with Gasteiger partial charge in [-0.2, -0.15) is 0 Å². The van der Waals surface area contributed by atoms with E-state index in [1.807, 2.05) is 0 Å². The van der Waals surface area contributed by atoms with Crippen LogP contribution in [0.5, 0.6) is 0 Å². The Morgan fingerprint density at radius 1 is 1.50 bits per heavy atom. The molecule has 0 aliphatic rings. The molecule has 1 N–H and O–H groups in total. The van der Waals surface area contributed by atoms with Gasteiger partial charge in [0.15, 0.2) is 0 Å². The number of hydrogen-bond donors (Lipinski definition) is 1. The molecule has 0 bridgehead atoms. The highest BCUT2D eigenvalue weighted by Gasteiger charge is 2.10. The third-order valence-electron chi connectivity index (χ3n) is 1.52. The summed E-state index contributed by atoms with van der Waals surface area (Å²) < 4.78 is 24.3. The zero-order valence-corrected chi connectivity index (χ0v) is 7.15. The van der Waals surface area contributed by atoms with Crippen LogP contribution in [0.15, 0.2) is 12.4 Å². The lowest BCUT2D eigenvalue weighted by Gasteiger charge is -2.00. The quantitative estimate of drug-likeness (QED) is 0.802. The summed E-state index contributed by atoms with van der Waals surface area (Å²) >= 11 is 0. The first-order valence-electron chi connectivity index (χ1n) is 3.90. The Kier molecular flexibility index (Phi) is 3.44. The number of aliphatic carboxylic acids is 1. The predicted molar refractivity (Wildman–Crippen MR) is 42.9 cm³/mol. The van der Waals surface area contributed by atoms with Gasteiger partial charge >= 0.3 is 5.97 Å². The van der Waals surface area contributed by atoms with E-state index in [4.69, 9.17) is 5.11 Å². The fourth-order valence-corrected chi connectivity index (χ4v) is 0.884. The molecule has 0 unspecified atom stereocenters. The second-order valence-corrected chi connectivity index (χ2v) is 2.63. The maximum Gasteiger partial charge on any atom is 0.303 e. The van der Waals surface area contributed by atoms with Crippen molar-refractivity contribution < 1.29 is 18.7 Å². The molecule has 0 amide bonds. The Balaban J connectivity index is 2.68. The summed E-state index contributed by atoms with van der Waals surface area (Å²) in [6, 6.07) is 0. The molecule has 76 valence electrons. The number of carbonyl (C=O) groups is 1. The highest BCUT2D eigenvalue weighted by Crippen LogP contribution is 2.15. The molecule has 1 heterocycles. The van der Waals surface area contributed by atoms with Crippen molar-refractivity contribution in [3.63, 3.8) is 0 Å². The Bertz CT molecular complexity index is 331. The van der Waals surface area contributed by atoms with Crippen molar-refractivity contribution in [1.82, 2.24) is 9.97 Å². The van der Waals surface area contributed by atoms with E-state index in [-0.39, 0.29) is 18.5 Å². The van der Waals surface area contributed by atoms with Crippen molar-refractivity contribution in [2.24, 2.45) is 0 Å². The average molecular weight is 202 g/mol. The number of carboxylic acid groups (broad SMARTS) is 1. The monoisotopic (exact) mass is 202 g/mol. The number of nitrogens with zero attached hydrogens (tertiary/aromatic N) is 2. The number of carboxylic acids is 1. The summed E-state index contributed by atoms with van der Waals surface area (Å²) in [6.07, 6.45) is -0.444. The zero-order chi connectivity index (χ0) is 10.6. The molecule has 0 saturated heterocycles. The van der Waals surface area contributed by atoms with E-state index >= 15 is 0 Å². The maximum absolute atomic E-state index is 12.1. The van der Waals surface area contributed by atoms with E-state index in [0.717, 1.165) is 6.20 Å². The first-order chi connectivity index (χ1) is 6.59. The van der Waals surface area contributed by atoms with Gasteiger partial charge in [-0.05, 0) is 0 Å². The number of hydrogen-bond acceptors (Lipinski definition) is 3. The molecule has 4 nitrogen and oxygen atoms in total. The van der Waals surface area contributed by atoms with Crippen molar-refractivity contribution in [2.75, 3.05) is 0 Å². The van der Waals surface area contributed by atoms with E-state index in [1.54, 1.807) is 0 Å². The SMILES string of the molecule is O=C(O)CCc1cncc(C(F)F)n1. The lowest BCUT2D eigenvalue weighted by molar-refractivity contribution is -0.136. The van der Waals surface area contributed by atoms with Crippen molar-refractivity contribution >= 4 is 5.97 Å². The van der Waals surface area contributed by atoms with Crippen molar-refractivity contribution in [3.05, 3.63) is 23.8 Å². The Labute approximate surface area is 78.6 Å². The van der Waals surface area contributed by atoms with E-state index in [9.17, 15) is 13.6 Å². The molecule has 0 aliphatic heterocycles. The summed E-state index contributed by atoms with van der Waals surface area (Å²) in [5.74, 6) is -0.991. The third kappa shape index (κ3) is 3.04. The second kappa shape index (κ2) is 4.59. The lowest BCUT2D eigenvalue weighted by atomic mass is 10.2. The van der Waals surface area contributed by atoms with E-state index < -0.39 is 18.1 Å². The minimum absolute atomic E-state index is 0.114. The van der Waals surface area contributed by atoms with Crippen LogP contribution in [0.1, 0.15) is 24.2 Å². The minimum atomic E-state index is -2.67. The molecule has 0 radical (unpaired) electrons. The van der Waals surface area contributed by atoms with Crippen LogP contribution in [0.3, 0.4) is 0 Å². The van der Waals surface area contributed by atoms with Gasteiger partial charge in [0.2, 0.25) is 0 Å². The van der Waals surface area contributed by atoms with Gasteiger partial charge in [0.1, 0.15) is 5.69 Å². The molecule has 1 aromatic heterocycles. The number of alkyl halides is 2. The summed E-state index contributed by atoms with van der Waals surface area (Å²) in [6.45, 7) is 0. The number of aryl methyl sites for hydroxylation is 1. The predicted octanol–water partition coefficient (Wildman–Crippen LogP) is 1.43. The highest BCUT2D eigenvalue weighted by molar-refractivity contribution is 5.66. The average Bonchev–Trinajstić information content (AvgIpc) is 2.15. The molecular formula is C8H8F2N2O2. The normalized spacial score (nSPS) is 10.5. The van der Waals surface area contributed by atoms with Gasteiger partial charge < -0.3 is 5.11 Å². The van der Waals surface area contributed by atoms with E-state index in [1.165, 1.54) is 6.20 Å². The van der Waals surface area contributed by atoms with Crippen LogP contribution in [0.2, 0.25) is 0 Å². The summed E-state index contributed by atoms with van der Waals surface area (Å²) in [4.78, 5) is 17.3. The molecule has 0 aliphatic carbocycles. The molecule has 1 aromatic rings. The van der Waals surface area contributed by atoms with Crippen LogP contribution in [-0.4, -0.2) is 21.0 Å². The van der Waals surface area contributed by atoms with Gasteiger partial charge in [-0.3, -0.25) is 9.78 Å². The van der Waals surface area contributed by atoms with Crippen LogP contribution in [0.25, 0.3) is 0 Å². The number of halogens is 2. The maximum atomic E-state index is 12.1. The smallest absolute Gasteiger partial charge is 0.303 e. The Morgan fingerprint density at radius 3 is 2.79 bits per heavy atom. The van der Waals surface area contributed by atoms with Crippen molar-refractivity contribution in [2.45, 2.75) is 19.3 Å². The zero-order valence-electron chi connectivity index (χ0n) is 7.15. The number of rotatable bonds is 4.